The maximum Gasteiger partial charge on any atom is 0.242 e. The summed E-state index contributed by atoms with van der Waals surface area (Å²) in [5.41, 5.74) is 9.87. The number of aryl methyl sites for hydroxylation is 2. The van der Waals surface area contributed by atoms with Crippen LogP contribution in [0.4, 0.5) is 5.13 Å². The van der Waals surface area contributed by atoms with Gasteiger partial charge in [-0.25, -0.2) is 4.98 Å². The molecule has 100 valence electrons. The van der Waals surface area contributed by atoms with Crippen molar-refractivity contribution in [1.29, 1.82) is 0 Å². The Kier molecular flexibility index (Phi) is 3.97. The van der Waals surface area contributed by atoms with E-state index in [1.165, 1.54) is 22.5 Å². The summed E-state index contributed by atoms with van der Waals surface area (Å²) in [4.78, 5) is 15.9. The summed E-state index contributed by atoms with van der Waals surface area (Å²) < 4.78 is 0. The van der Waals surface area contributed by atoms with Crippen molar-refractivity contribution in [1.82, 2.24) is 4.98 Å². The molecule has 0 saturated carbocycles. The topological polar surface area (TPSA) is 68.0 Å². The Hall–Kier alpha value is -1.72. The molecule has 1 aromatic carbocycles. The highest BCUT2D eigenvalue weighted by atomic mass is 32.1. The Labute approximate surface area is 116 Å². The highest BCUT2D eigenvalue weighted by Gasteiger charge is 2.11. The SMILES string of the molecule is Cc1ccc(-c2csc(NC(=O)[C@@H](C)N)n2)c(C)c1. The molecule has 0 saturated heterocycles. The highest BCUT2D eigenvalue weighted by molar-refractivity contribution is 7.14. The van der Waals surface area contributed by atoms with Crippen molar-refractivity contribution in [2.45, 2.75) is 26.8 Å². The molecular weight excluding hydrogens is 258 g/mol. The number of carbonyl (C=O) groups excluding carboxylic acids is 1. The molecular formula is C14H17N3OS. The zero-order chi connectivity index (χ0) is 14.0. The Morgan fingerprint density at radius 3 is 2.79 bits per heavy atom. The van der Waals surface area contributed by atoms with Gasteiger partial charge in [-0.3, -0.25) is 4.79 Å². The van der Waals surface area contributed by atoms with Crippen LogP contribution in [-0.2, 0) is 4.79 Å². The molecule has 0 unspecified atom stereocenters. The zero-order valence-electron chi connectivity index (χ0n) is 11.2. The minimum absolute atomic E-state index is 0.221. The number of nitrogens with two attached hydrogens (primary N) is 1. The third-order valence-electron chi connectivity index (χ3n) is 2.81. The second kappa shape index (κ2) is 5.50. The summed E-state index contributed by atoms with van der Waals surface area (Å²) >= 11 is 1.40. The van der Waals surface area contributed by atoms with Gasteiger partial charge in [-0.15, -0.1) is 11.3 Å². The van der Waals surface area contributed by atoms with Gasteiger partial charge in [-0.1, -0.05) is 23.8 Å². The first-order valence-electron chi connectivity index (χ1n) is 6.07. The van der Waals surface area contributed by atoms with Crippen LogP contribution in [0.5, 0.6) is 0 Å². The van der Waals surface area contributed by atoms with Crippen molar-refractivity contribution in [3.05, 3.63) is 34.7 Å². The van der Waals surface area contributed by atoms with Crippen molar-refractivity contribution in [3.8, 4) is 11.3 Å². The van der Waals surface area contributed by atoms with Gasteiger partial charge in [-0.2, -0.15) is 0 Å². The zero-order valence-corrected chi connectivity index (χ0v) is 12.0. The molecule has 2 aromatic rings. The van der Waals surface area contributed by atoms with E-state index in [9.17, 15) is 4.79 Å². The average molecular weight is 275 g/mol. The Balaban J connectivity index is 2.23. The van der Waals surface area contributed by atoms with Gasteiger partial charge in [0, 0.05) is 10.9 Å². The third kappa shape index (κ3) is 3.19. The van der Waals surface area contributed by atoms with Gasteiger partial charge < -0.3 is 11.1 Å². The summed E-state index contributed by atoms with van der Waals surface area (Å²) in [5, 5.41) is 5.23. The van der Waals surface area contributed by atoms with E-state index in [0.717, 1.165) is 11.3 Å². The average Bonchev–Trinajstić information content (AvgIpc) is 2.77. The first-order chi connectivity index (χ1) is 8.97. The van der Waals surface area contributed by atoms with E-state index in [1.807, 2.05) is 5.38 Å². The number of nitrogens with one attached hydrogen (secondary N) is 1. The molecule has 1 aromatic heterocycles. The fourth-order valence-corrected chi connectivity index (χ4v) is 2.49. The number of thiazole rings is 1. The fraction of sp³-hybridized carbons (Fsp3) is 0.286. The molecule has 0 aliphatic carbocycles. The van der Waals surface area contributed by atoms with Crippen LogP contribution in [0.25, 0.3) is 11.3 Å². The molecule has 1 amide bonds. The van der Waals surface area contributed by atoms with E-state index in [0.29, 0.717) is 5.13 Å². The lowest BCUT2D eigenvalue weighted by Gasteiger charge is -2.05. The molecule has 4 nitrogen and oxygen atoms in total. The van der Waals surface area contributed by atoms with Crippen molar-refractivity contribution >= 4 is 22.4 Å². The number of benzene rings is 1. The van der Waals surface area contributed by atoms with Crippen LogP contribution in [0.2, 0.25) is 0 Å². The van der Waals surface area contributed by atoms with E-state index in [2.05, 4.69) is 42.3 Å². The first kappa shape index (κ1) is 13.7. The maximum absolute atomic E-state index is 11.5. The van der Waals surface area contributed by atoms with Crippen molar-refractivity contribution in [3.63, 3.8) is 0 Å². The number of rotatable bonds is 3. The Morgan fingerprint density at radius 2 is 2.16 bits per heavy atom. The lowest BCUT2D eigenvalue weighted by Crippen LogP contribution is -2.32. The molecule has 0 radical (unpaired) electrons. The van der Waals surface area contributed by atoms with Crippen LogP contribution in [0, 0.1) is 13.8 Å². The number of nitrogens with zero attached hydrogens (tertiary/aromatic N) is 1. The quantitative estimate of drug-likeness (QED) is 0.905. The van der Waals surface area contributed by atoms with E-state index in [-0.39, 0.29) is 5.91 Å². The van der Waals surface area contributed by atoms with Crippen LogP contribution < -0.4 is 11.1 Å². The van der Waals surface area contributed by atoms with Crippen molar-refractivity contribution in [2.24, 2.45) is 5.73 Å². The van der Waals surface area contributed by atoms with E-state index in [1.54, 1.807) is 6.92 Å². The van der Waals surface area contributed by atoms with Gasteiger partial charge in [0.1, 0.15) is 0 Å². The second-order valence-corrected chi connectivity index (χ2v) is 5.49. The minimum atomic E-state index is -0.534. The van der Waals surface area contributed by atoms with Crippen molar-refractivity contribution in [2.75, 3.05) is 5.32 Å². The van der Waals surface area contributed by atoms with Crippen LogP contribution in [0.3, 0.4) is 0 Å². The van der Waals surface area contributed by atoms with Gasteiger partial charge in [-0.05, 0) is 26.3 Å². The minimum Gasteiger partial charge on any atom is -0.320 e. The largest absolute Gasteiger partial charge is 0.320 e. The number of anilines is 1. The van der Waals surface area contributed by atoms with Crippen LogP contribution >= 0.6 is 11.3 Å². The number of aromatic nitrogens is 1. The molecule has 19 heavy (non-hydrogen) atoms. The molecule has 5 heteroatoms. The molecule has 1 atom stereocenters. The summed E-state index contributed by atoms with van der Waals surface area (Å²) in [7, 11) is 0. The van der Waals surface area contributed by atoms with Crippen LogP contribution in [0.1, 0.15) is 18.1 Å². The predicted molar refractivity (Wildman–Crippen MR) is 79.3 cm³/mol. The third-order valence-corrected chi connectivity index (χ3v) is 3.56. The summed E-state index contributed by atoms with van der Waals surface area (Å²) in [6.45, 7) is 5.77. The molecule has 0 bridgehead atoms. The lowest BCUT2D eigenvalue weighted by atomic mass is 10.0. The normalized spacial score (nSPS) is 12.2. The summed E-state index contributed by atoms with van der Waals surface area (Å²) in [6.07, 6.45) is 0. The van der Waals surface area contributed by atoms with Gasteiger partial charge in [0.15, 0.2) is 5.13 Å². The van der Waals surface area contributed by atoms with E-state index < -0.39 is 6.04 Å². The van der Waals surface area contributed by atoms with Crippen LogP contribution in [0.15, 0.2) is 23.6 Å². The van der Waals surface area contributed by atoms with Gasteiger partial charge >= 0.3 is 0 Å². The Bertz CT molecular complexity index is 604. The Morgan fingerprint density at radius 1 is 1.42 bits per heavy atom. The smallest absolute Gasteiger partial charge is 0.242 e. The van der Waals surface area contributed by atoms with Gasteiger partial charge in [0.05, 0.1) is 11.7 Å². The molecule has 2 rings (SSSR count). The maximum atomic E-state index is 11.5. The van der Waals surface area contributed by atoms with Crippen LogP contribution in [-0.4, -0.2) is 16.9 Å². The fourth-order valence-electron chi connectivity index (χ4n) is 1.78. The van der Waals surface area contributed by atoms with Gasteiger partial charge in [0.2, 0.25) is 5.91 Å². The highest BCUT2D eigenvalue weighted by Crippen LogP contribution is 2.27. The summed E-state index contributed by atoms with van der Waals surface area (Å²) in [6, 6.07) is 5.70. The second-order valence-electron chi connectivity index (χ2n) is 4.63. The number of hydrogen-bond donors (Lipinski definition) is 2. The van der Waals surface area contributed by atoms with E-state index >= 15 is 0 Å². The molecule has 3 N–H and O–H groups in total. The standard InChI is InChI=1S/C14H17N3OS/c1-8-4-5-11(9(2)6-8)12-7-19-14(16-12)17-13(18)10(3)15/h4-7,10H,15H2,1-3H3,(H,16,17,18)/t10-/m1/s1. The van der Waals surface area contributed by atoms with Gasteiger partial charge in [0.25, 0.3) is 0 Å². The first-order valence-corrected chi connectivity index (χ1v) is 6.95. The number of carbonyl (C=O) groups is 1. The van der Waals surface area contributed by atoms with E-state index in [4.69, 9.17) is 5.73 Å². The molecule has 0 aliphatic rings. The monoisotopic (exact) mass is 275 g/mol. The molecule has 0 fully saturated rings. The molecule has 0 aliphatic heterocycles. The number of amides is 1. The van der Waals surface area contributed by atoms with Crippen molar-refractivity contribution < 1.29 is 4.79 Å². The summed E-state index contributed by atoms with van der Waals surface area (Å²) in [5.74, 6) is -0.221. The predicted octanol–water partition coefficient (Wildman–Crippen LogP) is 2.71. The lowest BCUT2D eigenvalue weighted by molar-refractivity contribution is -0.117. The molecule has 1 heterocycles. The number of hydrogen-bond acceptors (Lipinski definition) is 4. The molecule has 0 spiro atoms.